The van der Waals surface area contributed by atoms with E-state index in [9.17, 15) is 4.79 Å². The van der Waals surface area contributed by atoms with Gasteiger partial charge in [-0.2, -0.15) is 0 Å². The number of fused-ring (bicyclic) bond motifs is 1. The minimum atomic E-state index is -0.153. The first kappa shape index (κ1) is 19.6. The van der Waals surface area contributed by atoms with E-state index in [-0.39, 0.29) is 36.8 Å². The van der Waals surface area contributed by atoms with Crippen LogP contribution in [0.2, 0.25) is 0 Å². The van der Waals surface area contributed by atoms with Gasteiger partial charge in [0.25, 0.3) is 0 Å². The van der Waals surface area contributed by atoms with Crippen molar-refractivity contribution in [1.82, 2.24) is 25.2 Å². The molecule has 0 spiro atoms. The molecule has 0 aliphatic carbocycles. The highest BCUT2D eigenvalue weighted by Gasteiger charge is 2.15. The lowest BCUT2D eigenvalue weighted by molar-refractivity contribution is -0.121. The van der Waals surface area contributed by atoms with E-state index in [0.29, 0.717) is 6.42 Å². The molecule has 0 saturated heterocycles. The Balaban J connectivity index is 0.00000200. The zero-order chi connectivity index (χ0) is 13.7. The first-order valence-corrected chi connectivity index (χ1v) is 6.46. The van der Waals surface area contributed by atoms with Crippen LogP contribution < -0.4 is 10.6 Å². The van der Waals surface area contributed by atoms with E-state index >= 15 is 0 Å². The molecule has 1 amide bonds. The summed E-state index contributed by atoms with van der Waals surface area (Å²) >= 11 is 0. The molecule has 2 rings (SSSR count). The molecule has 6 nitrogen and oxygen atoms in total. The summed E-state index contributed by atoms with van der Waals surface area (Å²) in [5, 5.41) is 14.2. The number of halogens is 2. The molecule has 0 saturated carbocycles. The Hall–Kier alpha value is -1.37. The summed E-state index contributed by atoms with van der Waals surface area (Å²) in [7, 11) is 1.88. The van der Waals surface area contributed by atoms with Crippen LogP contribution in [0.3, 0.4) is 0 Å². The van der Waals surface area contributed by atoms with Gasteiger partial charge in [0.15, 0.2) is 11.5 Å². The van der Waals surface area contributed by atoms with E-state index in [0.717, 1.165) is 24.4 Å². The minimum Gasteiger partial charge on any atom is -0.346 e. The maximum atomic E-state index is 11.8. The van der Waals surface area contributed by atoms with Gasteiger partial charge in [0, 0.05) is 12.6 Å². The topological polar surface area (TPSA) is 71.3 Å². The zero-order valence-electron chi connectivity index (χ0n) is 12.1. The predicted octanol–water partition coefficient (Wildman–Crippen LogP) is 1.75. The Kier molecular flexibility index (Phi) is 8.92. The number of carbonyl (C=O) groups is 1. The number of nitrogens with zero attached hydrogens (tertiary/aromatic N) is 3. The molecular formula is C13H21Cl2N5O. The Bertz CT molecular complexity index is 560. The van der Waals surface area contributed by atoms with Crippen LogP contribution in [0.25, 0.3) is 5.65 Å². The molecule has 2 aromatic heterocycles. The number of rotatable bonds is 6. The first-order chi connectivity index (χ1) is 9.22. The van der Waals surface area contributed by atoms with Gasteiger partial charge in [-0.1, -0.05) is 6.07 Å². The van der Waals surface area contributed by atoms with E-state index in [4.69, 9.17) is 0 Å². The van der Waals surface area contributed by atoms with Crippen LogP contribution in [0.15, 0.2) is 24.4 Å². The second kappa shape index (κ2) is 9.55. The summed E-state index contributed by atoms with van der Waals surface area (Å²) in [6.45, 7) is 2.76. The first-order valence-electron chi connectivity index (χ1n) is 6.46. The van der Waals surface area contributed by atoms with Gasteiger partial charge in [-0.05, 0) is 39.1 Å². The van der Waals surface area contributed by atoms with Gasteiger partial charge in [0.05, 0.1) is 6.04 Å². The van der Waals surface area contributed by atoms with Gasteiger partial charge in [0.1, 0.15) is 0 Å². The lowest BCUT2D eigenvalue weighted by atomic mass is 10.2. The molecule has 118 valence electrons. The van der Waals surface area contributed by atoms with Gasteiger partial charge in [0.2, 0.25) is 5.91 Å². The number of carbonyl (C=O) groups excluding carboxylic acids is 1. The fourth-order valence-electron chi connectivity index (χ4n) is 1.96. The predicted molar refractivity (Wildman–Crippen MR) is 87.2 cm³/mol. The van der Waals surface area contributed by atoms with E-state index in [1.54, 1.807) is 0 Å². The van der Waals surface area contributed by atoms with Gasteiger partial charge in [-0.3, -0.25) is 9.20 Å². The van der Waals surface area contributed by atoms with E-state index in [2.05, 4.69) is 20.8 Å². The monoisotopic (exact) mass is 333 g/mol. The van der Waals surface area contributed by atoms with E-state index in [1.807, 2.05) is 42.8 Å². The molecule has 2 aromatic rings. The van der Waals surface area contributed by atoms with Crippen LogP contribution in [0.4, 0.5) is 0 Å². The Morgan fingerprint density at radius 1 is 1.33 bits per heavy atom. The van der Waals surface area contributed by atoms with Crippen LogP contribution in [0, 0.1) is 0 Å². The highest BCUT2D eigenvalue weighted by Crippen LogP contribution is 2.11. The Labute approximate surface area is 136 Å². The fourth-order valence-corrected chi connectivity index (χ4v) is 1.96. The second-order valence-corrected chi connectivity index (χ2v) is 4.48. The van der Waals surface area contributed by atoms with Gasteiger partial charge < -0.3 is 10.6 Å². The average Bonchev–Trinajstić information content (AvgIpc) is 2.83. The minimum absolute atomic E-state index is 0. The van der Waals surface area contributed by atoms with E-state index < -0.39 is 0 Å². The largest absolute Gasteiger partial charge is 0.346 e. The van der Waals surface area contributed by atoms with Crippen molar-refractivity contribution in [2.75, 3.05) is 13.6 Å². The molecule has 0 fully saturated rings. The van der Waals surface area contributed by atoms with Crippen LogP contribution in [0.1, 0.15) is 31.6 Å². The highest BCUT2D eigenvalue weighted by molar-refractivity contribution is 5.85. The smallest absolute Gasteiger partial charge is 0.220 e. The molecule has 1 unspecified atom stereocenters. The van der Waals surface area contributed by atoms with Crippen molar-refractivity contribution in [3.05, 3.63) is 30.2 Å². The number of amides is 1. The van der Waals surface area contributed by atoms with Crippen molar-refractivity contribution < 1.29 is 4.79 Å². The summed E-state index contributed by atoms with van der Waals surface area (Å²) in [6.07, 6.45) is 3.24. The SMILES string of the molecule is CNCCCC(=O)NC(C)c1nnc2ccccn12.Cl.Cl. The van der Waals surface area contributed by atoms with Crippen molar-refractivity contribution in [3.8, 4) is 0 Å². The molecule has 2 N–H and O–H groups in total. The van der Waals surface area contributed by atoms with Crippen molar-refractivity contribution in [2.24, 2.45) is 0 Å². The third kappa shape index (κ3) is 5.15. The summed E-state index contributed by atoms with van der Waals surface area (Å²) in [4.78, 5) is 11.8. The molecule has 0 bridgehead atoms. The lowest BCUT2D eigenvalue weighted by Gasteiger charge is -2.12. The van der Waals surface area contributed by atoms with Crippen molar-refractivity contribution >= 4 is 36.4 Å². The summed E-state index contributed by atoms with van der Waals surface area (Å²) in [6, 6.07) is 5.56. The maximum Gasteiger partial charge on any atom is 0.220 e. The standard InChI is InChI=1S/C13H19N5O.2ClH/c1-10(15-12(19)7-5-8-14-2)13-17-16-11-6-3-4-9-18(11)13;;/h3-4,6,9-10,14H,5,7-8H2,1-2H3,(H,15,19);2*1H. The number of hydrogen-bond acceptors (Lipinski definition) is 4. The molecule has 1 atom stereocenters. The Morgan fingerprint density at radius 2 is 2.10 bits per heavy atom. The third-order valence-corrected chi connectivity index (χ3v) is 2.94. The number of aromatic nitrogens is 3. The van der Waals surface area contributed by atoms with Gasteiger partial charge in [-0.25, -0.2) is 0 Å². The van der Waals surface area contributed by atoms with Crippen LogP contribution in [0.5, 0.6) is 0 Å². The van der Waals surface area contributed by atoms with Gasteiger partial charge >= 0.3 is 0 Å². The molecule has 0 radical (unpaired) electrons. The van der Waals surface area contributed by atoms with Gasteiger partial charge in [-0.15, -0.1) is 35.0 Å². The number of pyridine rings is 1. The number of hydrogen-bond donors (Lipinski definition) is 2. The third-order valence-electron chi connectivity index (χ3n) is 2.94. The lowest BCUT2D eigenvalue weighted by Crippen LogP contribution is -2.28. The molecule has 0 aromatic carbocycles. The maximum absolute atomic E-state index is 11.8. The van der Waals surface area contributed by atoms with Crippen molar-refractivity contribution in [2.45, 2.75) is 25.8 Å². The van der Waals surface area contributed by atoms with Crippen LogP contribution in [-0.4, -0.2) is 34.1 Å². The highest BCUT2D eigenvalue weighted by atomic mass is 35.5. The molecule has 0 aliphatic heterocycles. The molecule has 21 heavy (non-hydrogen) atoms. The zero-order valence-corrected chi connectivity index (χ0v) is 13.7. The average molecular weight is 334 g/mol. The van der Waals surface area contributed by atoms with Crippen LogP contribution in [-0.2, 0) is 4.79 Å². The molecular weight excluding hydrogens is 313 g/mol. The molecule has 8 heteroatoms. The summed E-state index contributed by atoms with van der Waals surface area (Å²) < 4.78 is 1.89. The quantitative estimate of drug-likeness (QED) is 0.790. The Morgan fingerprint density at radius 3 is 2.81 bits per heavy atom. The van der Waals surface area contributed by atoms with E-state index in [1.165, 1.54) is 0 Å². The molecule has 0 aliphatic rings. The van der Waals surface area contributed by atoms with Crippen LogP contribution >= 0.6 is 24.8 Å². The second-order valence-electron chi connectivity index (χ2n) is 4.48. The fraction of sp³-hybridized carbons (Fsp3) is 0.462. The number of nitrogens with one attached hydrogen (secondary N) is 2. The summed E-state index contributed by atoms with van der Waals surface area (Å²) in [5.41, 5.74) is 0.786. The molecule has 2 heterocycles. The van der Waals surface area contributed by atoms with Crippen molar-refractivity contribution in [1.29, 1.82) is 0 Å². The van der Waals surface area contributed by atoms with Crippen molar-refractivity contribution in [3.63, 3.8) is 0 Å². The summed E-state index contributed by atoms with van der Waals surface area (Å²) in [5.74, 6) is 0.785. The normalized spacial score (nSPS) is 11.3.